The molecule has 0 unspecified atom stereocenters. The molecule has 1 fully saturated rings. The maximum Gasteiger partial charge on any atom is 0.145 e. The van der Waals surface area contributed by atoms with Gasteiger partial charge in [0, 0.05) is 43.0 Å². The van der Waals surface area contributed by atoms with Crippen molar-refractivity contribution in [1.82, 2.24) is 24.1 Å². The summed E-state index contributed by atoms with van der Waals surface area (Å²) in [7, 11) is 4.22. The second-order valence-corrected chi connectivity index (χ2v) is 11.8. The van der Waals surface area contributed by atoms with Crippen molar-refractivity contribution < 1.29 is 0 Å². The van der Waals surface area contributed by atoms with Crippen molar-refractivity contribution in [3.8, 4) is 0 Å². The molecule has 194 valence electrons. The van der Waals surface area contributed by atoms with Crippen LogP contribution in [0.15, 0.2) is 53.4 Å². The van der Waals surface area contributed by atoms with E-state index in [4.69, 9.17) is 9.97 Å². The molecule has 7 heteroatoms. The predicted octanol–water partition coefficient (Wildman–Crippen LogP) is 5.51. The van der Waals surface area contributed by atoms with E-state index in [1.54, 1.807) is 0 Å². The van der Waals surface area contributed by atoms with E-state index in [9.17, 15) is 0 Å². The molecular formula is C29H42N6S. The number of rotatable bonds is 11. The van der Waals surface area contributed by atoms with Crippen molar-refractivity contribution in [2.45, 2.75) is 50.5 Å². The highest BCUT2D eigenvalue weighted by Gasteiger charge is 2.21. The standard InChI is InChI=1S/C29H42N6S/c1-6-29(2,3)23-12-14-24(15-13-23)36-35-20-18-34(19-21-35)22-27-31-26-11-8-7-10-25(26)28(32-27)30-16-9-17-33(4)5/h7-8,10-15H,6,9,16-22H2,1-5H3,(H,30,31,32). The molecule has 1 N–H and O–H groups in total. The highest BCUT2D eigenvalue weighted by molar-refractivity contribution is 7.97. The smallest absolute Gasteiger partial charge is 0.145 e. The van der Waals surface area contributed by atoms with E-state index in [-0.39, 0.29) is 5.41 Å². The van der Waals surface area contributed by atoms with Crippen LogP contribution < -0.4 is 5.32 Å². The third kappa shape index (κ3) is 7.19. The topological polar surface area (TPSA) is 47.5 Å². The second-order valence-electron chi connectivity index (χ2n) is 10.6. The fourth-order valence-corrected chi connectivity index (χ4v) is 5.33. The van der Waals surface area contributed by atoms with Gasteiger partial charge in [-0.3, -0.25) is 4.90 Å². The van der Waals surface area contributed by atoms with E-state index < -0.39 is 0 Å². The van der Waals surface area contributed by atoms with Crippen molar-refractivity contribution >= 4 is 28.7 Å². The number of piperazine rings is 1. The van der Waals surface area contributed by atoms with E-state index in [1.807, 2.05) is 11.9 Å². The number of hydrogen-bond donors (Lipinski definition) is 1. The number of nitrogens with one attached hydrogen (secondary N) is 1. The maximum atomic E-state index is 4.94. The van der Waals surface area contributed by atoms with Gasteiger partial charge in [0.25, 0.3) is 0 Å². The number of fused-ring (bicyclic) bond motifs is 1. The van der Waals surface area contributed by atoms with Gasteiger partial charge >= 0.3 is 0 Å². The highest BCUT2D eigenvalue weighted by Crippen LogP contribution is 2.30. The first-order valence-electron chi connectivity index (χ1n) is 13.2. The van der Waals surface area contributed by atoms with Gasteiger partial charge in [-0.2, -0.15) is 0 Å². The third-order valence-corrected chi connectivity index (χ3v) is 8.28. The van der Waals surface area contributed by atoms with Gasteiger partial charge in [-0.25, -0.2) is 14.3 Å². The molecule has 2 heterocycles. The molecule has 2 aromatic carbocycles. The number of anilines is 1. The molecule has 0 spiro atoms. The van der Waals surface area contributed by atoms with Gasteiger partial charge in [-0.05, 0) is 80.7 Å². The van der Waals surface area contributed by atoms with Crippen LogP contribution in [0.25, 0.3) is 10.9 Å². The molecule has 0 amide bonds. The lowest BCUT2D eigenvalue weighted by Crippen LogP contribution is -2.43. The van der Waals surface area contributed by atoms with Crippen LogP contribution in [0.3, 0.4) is 0 Å². The summed E-state index contributed by atoms with van der Waals surface area (Å²) >= 11 is 1.88. The van der Waals surface area contributed by atoms with Gasteiger partial charge < -0.3 is 10.2 Å². The van der Waals surface area contributed by atoms with E-state index in [2.05, 4.69) is 103 Å². The van der Waals surface area contributed by atoms with Crippen molar-refractivity contribution in [3.63, 3.8) is 0 Å². The summed E-state index contributed by atoms with van der Waals surface area (Å²) in [6.45, 7) is 13.8. The average Bonchev–Trinajstić information content (AvgIpc) is 2.88. The molecule has 1 aliphatic rings. The van der Waals surface area contributed by atoms with Crippen molar-refractivity contribution in [3.05, 3.63) is 59.9 Å². The molecule has 36 heavy (non-hydrogen) atoms. The molecule has 0 saturated carbocycles. The molecule has 1 saturated heterocycles. The monoisotopic (exact) mass is 506 g/mol. The Balaban J connectivity index is 1.33. The molecule has 0 aliphatic carbocycles. The Hall–Kier alpha value is -2.19. The first kappa shape index (κ1) is 26.9. The Morgan fingerprint density at radius 2 is 1.69 bits per heavy atom. The number of nitrogens with zero attached hydrogens (tertiary/aromatic N) is 5. The first-order chi connectivity index (χ1) is 17.3. The number of para-hydroxylation sites is 1. The zero-order valence-corrected chi connectivity index (χ0v) is 23.4. The van der Waals surface area contributed by atoms with Crippen molar-refractivity contribution in [2.75, 3.05) is 58.7 Å². The van der Waals surface area contributed by atoms with E-state index >= 15 is 0 Å². The third-order valence-electron chi connectivity index (χ3n) is 7.17. The SMILES string of the molecule is CCC(C)(C)c1ccc(SN2CCN(Cc3nc(NCCCN(C)C)c4ccccc4n3)CC2)cc1. The summed E-state index contributed by atoms with van der Waals surface area (Å²) in [4.78, 5) is 15.8. The van der Waals surface area contributed by atoms with E-state index in [0.29, 0.717) is 0 Å². The summed E-state index contributed by atoms with van der Waals surface area (Å²) < 4.78 is 2.48. The molecule has 1 aromatic heterocycles. The van der Waals surface area contributed by atoms with Crippen LogP contribution in [0.1, 0.15) is 45.0 Å². The van der Waals surface area contributed by atoms with Gasteiger partial charge in [0.05, 0.1) is 12.1 Å². The zero-order chi connectivity index (χ0) is 25.5. The predicted molar refractivity (Wildman–Crippen MR) is 154 cm³/mol. The van der Waals surface area contributed by atoms with Crippen LogP contribution in [-0.4, -0.2) is 77.4 Å². The van der Waals surface area contributed by atoms with Gasteiger partial charge in [0.1, 0.15) is 11.6 Å². The summed E-state index contributed by atoms with van der Waals surface area (Å²) in [6.07, 6.45) is 2.23. The van der Waals surface area contributed by atoms with Gasteiger partial charge in [0.15, 0.2) is 0 Å². The molecule has 3 aromatic rings. The molecular weight excluding hydrogens is 464 g/mol. The summed E-state index contributed by atoms with van der Waals surface area (Å²) in [5.41, 5.74) is 2.67. The Kier molecular flexibility index (Phi) is 9.23. The minimum absolute atomic E-state index is 0.237. The molecule has 4 rings (SSSR count). The molecule has 6 nitrogen and oxygen atoms in total. The molecule has 0 bridgehead atoms. The van der Waals surface area contributed by atoms with Crippen LogP contribution >= 0.6 is 11.9 Å². The van der Waals surface area contributed by atoms with Crippen LogP contribution in [0, 0.1) is 0 Å². The summed E-state index contributed by atoms with van der Waals surface area (Å²) in [6, 6.07) is 17.5. The lowest BCUT2D eigenvalue weighted by molar-refractivity contribution is 0.185. The van der Waals surface area contributed by atoms with E-state index in [1.165, 1.54) is 10.5 Å². The van der Waals surface area contributed by atoms with Crippen LogP contribution in [0.4, 0.5) is 5.82 Å². The van der Waals surface area contributed by atoms with E-state index in [0.717, 1.165) is 81.2 Å². The Morgan fingerprint density at radius 3 is 2.39 bits per heavy atom. The largest absolute Gasteiger partial charge is 0.369 e. The van der Waals surface area contributed by atoms with Crippen molar-refractivity contribution in [2.24, 2.45) is 0 Å². The normalized spacial score (nSPS) is 15.6. The maximum absolute atomic E-state index is 4.94. The minimum atomic E-state index is 0.237. The molecule has 0 atom stereocenters. The lowest BCUT2D eigenvalue weighted by Gasteiger charge is -2.33. The molecule has 0 radical (unpaired) electrons. The van der Waals surface area contributed by atoms with Crippen LogP contribution in [0.5, 0.6) is 0 Å². The lowest BCUT2D eigenvalue weighted by atomic mass is 9.82. The Bertz CT molecular complexity index is 1110. The van der Waals surface area contributed by atoms with Crippen molar-refractivity contribution in [1.29, 1.82) is 0 Å². The Morgan fingerprint density at radius 1 is 0.972 bits per heavy atom. The second kappa shape index (κ2) is 12.4. The Labute approximate surface area is 221 Å². The van der Waals surface area contributed by atoms with Crippen LogP contribution in [-0.2, 0) is 12.0 Å². The summed E-state index contributed by atoms with van der Waals surface area (Å²) in [5.74, 6) is 1.86. The fourth-order valence-electron chi connectivity index (χ4n) is 4.43. The van der Waals surface area contributed by atoms with Crippen LogP contribution in [0.2, 0.25) is 0 Å². The number of aromatic nitrogens is 2. The molecule has 1 aliphatic heterocycles. The van der Waals surface area contributed by atoms with Gasteiger partial charge in [0.2, 0.25) is 0 Å². The van der Waals surface area contributed by atoms with Gasteiger partial charge in [-0.15, -0.1) is 0 Å². The quantitative estimate of drug-likeness (QED) is 0.272. The van der Waals surface area contributed by atoms with Gasteiger partial charge in [-0.1, -0.05) is 45.0 Å². The average molecular weight is 507 g/mol. The zero-order valence-electron chi connectivity index (χ0n) is 22.6. The number of hydrogen-bond acceptors (Lipinski definition) is 7. The summed E-state index contributed by atoms with van der Waals surface area (Å²) in [5, 5.41) is 4.66. The highest BCUT2D eigenvalue weighted by atomic mass is 32.2. The minimum Gasteiger partial charge on any atom is -0.369 e. The number of benzene rings is 2. The first-order valence-corrected chi connectivity index (χ1v) is 14.0. The fraction of sp³-hybridized carbons (Fsp3) is 0.517.